The summed E-state index contributed by atoms with van der Waals surface area (Å²) in [5, 5.41) is 12.2. The first-order valence-electron chi connectivity index (χ1n) is 12.9. The molecule has 0 saturated heterocycles. The second-order valence-corrected chi connectivity index (χ2v) is 9.89. The molecule has 4 aromatic rings. The Morgan fingerprint density at radius 2 is 1.71 bits per heavy atom. The summed E-state index contributed by atoms with van der Waals surface area (Å²) in [6.07, 6.45) is 5.97. The monoisotopic (exact) mass is 594 g/mol. The molecular formula is C31H32Cl2N4O4. The Kier molecular flexibility index (Phi) is 11.5. The van der Waals surface area contributed by atoms with E-state index in [-0.39, 0.29) is 29.4 Å². The molecule has 1 aliphatic heterocycles. The second-order valence-electron chi connectivity index (χ2n) is 9.36. The van der Waals surface area contributed by atoms with Crippen molar-refractivity contribution in [2.24, 2.45) is 0 Å². The summed E-state index contributed by atoms with van der Waals surface area (Å²) in [6.45, 7) is 0. The minimum absolute atomic E-state index is 0. The Balaban J connectivity index is 0.000000221. The third kappa shape index (κ3) is 8.42. The standard InChI is InChI=1S/C16H17ClN2O2.C15H14N2O2.ClH/c1-21-16(20)13-9-12(15(18)19-10-13)7-8-14(17)11-5-3-2-4-6-11;18-15(19)12-8-11-6-7-13(17-14(11)16-9-12)10-4-2-1-3-5-10;/h2-6,9-10,14H,7-8H2,1H3,(H2,18,19);1-5,8-9,13H,6-7H2,(H,16,17)(H,18,19);1H. The molecule has 0 saturated carbocycles. The molecule has 10 heteroatoms. The average molecular weight is 596 g/mol. The average Bonchev–Trinajstić information content (AvgIpc) is 3.00. The molecule has 1 aliphatic rings. The Hall–Kier alpha value is -4.14. The number of fused-ring (bicyclic) bond motifs is 1. The van der Waals surface area contributed by atoms with Crippen molar-refractivity contribution in [2.45, 2.75) is 37.1 Å². The molecule has 0 fully saturated rings. The molecule has 5 rings (SSSR count). The lowest BCUT2D eigenvalue weighted by molar-refractivity contribution is 0.0599. The van der Waals surface area contributed by atoms with E-state index < -0.39 is 11.9 Å². The van der Waals surface area contributed by atoms with Gasteiger partial charge in [-0.1, -0.05) is 60.7 Å². The lowest BCUT2D eigenvalue weighted by atomic mass is 9.95. The second kappa shape index (κ2) is 15.0. The number of nitrogens with one attached hydrogen (secondary N) is 1. The van der Waals surface area contributed by atoms with Crippen LogP contribution in [-0.4, -0.2) is 34.1 Å². The van der Waals surface area contributed by atoms with Gasteiger partial charge >= 0.3 is 11.9 Å². The highest BCUT2D eigenvalue weighted by molar-refractivity contribution is 6.20. The summed E-state index contributed by atoms with van der Waals surface area (Å²) < 4.78 is 4.68. The van der Waals surface area contributed by atoms with Crippen molar-refractivity contribution in [1.29, 1.82) is 0 Å². The van der Waals surface area contributed by atoms with Gasteiger partial charge in [-0.25, -0.2) is 19.6 Å². The number of carbonyl (C=O) groups is 2. The van der Waals surface area contributed by atoms with Crippen LogP contribution in [0.1, 0.15) is 67.2 Å². The number of benzene rings is 2. The minimum atomic E-state index is -0.930. The van der Waals surface area contributed by atoms with Crippen LogP contribution in [0.15, 0.2) is 85.2 Å². The van der Waals surface area contributed by atoms with Gasteiger partial charge in [-0.05, 0) is 60.1 Å². The predicted molar refractivity (Wildman–Crippen MR) is 163 cm³/mol. The minimum Gasteiger partial charge on any atom is -0.478 e. The zero-order valence-corrected chi connectivity index (χ0v) is 24.1. The lowest BCUT2D eigenvalue weighted by Gasteiger charge is -2.26. The van der Waals surface area contributed by atoms with Gasteiger partial charge in [-0.3, -0.25) is 0 Å². The van der Waals surface area contributed by atoms with E-state index in [0.717, 1.165) is 35.3 Å². The van der Waals surface area contributed by atoms with E-state index in [1.807, 2.05) is 48.5 Å². The van der Waals surface area contributed by atoms with E-state index in [2.05, 4.69) is 32.2 Å². The molecular weight excluding hydrogens is 563 g/mol. The highest BCUT2D eigenvalue weighted by atomic mass is 35.5. The number of anilines is 2. The number of nitrogens with two attached hydrogens (primary N) is 1. The highest BCUT2D eigenvalue weighted by Crippen LogP contribution is 2.31. The first kappa shape index (κ1) is 31.4. The number of aromatic nitrogens is 2. The van der Waals surface area contributed by atoms with Crippen LogP contribution >= 0.6 is 24.0 Å². The normalized spacial score (nSPS) is 14.1. The van der Waals surface area contributed by atoms with Crippen LogP contribution in [0, 0.1) is 0 Å². The third-order valence-electron chi connectivity index (χ3n) is 6.68. The van der Waals surface area contributed by atoms with Gasteiger partial charge in [-0.2, -0.15) is 0 Å². The Labute approximate surface area is 250 Å². The van der Waals surface area contributed by atoms with Gasteiger partial charge < -0.3 is 20.9 Å². The van der Waals surface area contributed by atoms with Gasteiger partial charge in [0.05, 0.1) is 29.7 Å². The van der Waals surface area contributed by atoms with E-state index in [1.54, 1.807) is 12.1 Å². The predicted octanol–water partition coefficient (Wildman–Crippen LogP) is 6.66. The molecule has 0 amide bonds. The van der Waals surface area contributed by atoms with Gasteiger partial charge in [0.15, 0.2) is 0 Å². The number of hydrogen-bond acceptors (Lipinski definition) is 7. The van der Waals surface area contributed by atoms with Crippen LogP contribution in [0.5, 0.6) is 0 Å². The van der Waals surface area contributed by atoms with Crippen LogP contribution in [0.3, 0.4) is 0 Å². The molecule has 0 aliphatic carbocycles. The maximum absolute atomic E-state index is 11.5. The number of methoxy groups -OCH3 is 1. The number of carboxylic acids is 1. The smallest absolute Gasteiger partial charge is 0.339 e. The van der Waals surface area contributed by atoms with Crippen molar-refractivity contribution in [3.05, 3.63) is 119 Å². The third-order valence-corrected chi connectivity index (χ3v) is 7.15. The maximum atomic E-state index is 11.5. The number of carbonyl (C=O) groups excluding carboxylic acids is 1. The zero-order valence-electron chi connectivity index (χ0n) is 22.5. The van der Waals surface area contributed by atoms with Crippen molar-refractivity contribution >= 4 is 47.6 Å². The number of pyridine rings is 2. The number of aryl methyl sites for hydroxylation is 2. The molecule has 0 spiro atoms. The van der Waals surface area contributed by atoms with Gasteiger partial charge in [0.25, 0.3) is 0 Å². The number of nitrogens with zero attached hydrogens (tertiary/aromatic N) is 2. The summed E-state index contributed by atoms with van der Waals surface area (Å²) in [7, 11) is 1.34. The molecule has 2 aromatic heterocycles. The van der Waals surface area contributed by atoms with E-state index in [0.29, 0.717) is 24.2 Å². The van der Waals surface area contributed by atoms with Crippen LogP contribution < -0.4 is 11.1 Å². The Bertz CT molecular complexity index is 1460. The number of carboxylic acid groups (broad SMARTS) is 1. The van der Waals surface area contributed by atoms with Crippen molar-refractivity contribution in [3.63, 3.8) is 0 Å². The molecule has 2 atom stereocenters. The van der Waals surface area contributed by atoms with E-state index >= 15 is 0 Å². The van der Waals surface area contributed by atoms with Gasteiger partial charge in [0, 0.05) is 12.4 Å². The highest BCUT2D eigenvalue weighted by Gasteiger charge is 2.21. The number of alkyl halides is 1. The molecule has 0 radical (unpaired) electrons. The zero-order chi connectivity index (χ0) is 28.5. The molecule has 4 N–H and O–H groups in total. The molecule has 0 bridgehead atoms. The van der Waals surface area contributed by atoms with Crippen molar-refractivity contribution in [3.8, 4) is 0 Å². The summed E-state index contributed by atoms with van der Waals surface area (Å²) in [5.41, 5.74) is 10.6. The number of hydrogen-bond donors (Lipinski definition) is 3. The van der Waals surface area contributed by atoms with Crippen molar-refractivity contribution < 1.29 is 19.4 Å². The largest absolute Gasteiger partial charge is 0.478 e. The SMILES string of the molecule is COC(=O)c1cnc(N)c(CCC(Cl)c2ccccc2)c1.Cl.O=C(O)c1cnc2c(c1)CCC(c1ccccc1)N2. The summed E-state index contributed by atoms with van der Waals surface area (Å²) in [6, 6.07) is 23.7. The molecule has 2 unspecified atom stereocenters. The number of aromatic carboxylic acids is 1. The van der Waals surface area contributed by atoms with Gasteiger partial charge in [-0.15, -0.1) is 24.0 Å². The Morgan fingerprint density at radius 3 is 2.37 bits per heavy atom. The summed E-state index contributed by atoms with van der Waals surface area (Å²) in [4.78, 5) is 30.7. The molecule has 41 heavy (non-hydrogen) atoms. The van der Waals surface area contributed by atoms with Crippen molar-refractivity contribution in [2.75, 3.05) is 18.2 Å². The topological polar surface area (TPSA) is 127 Å². The van der Waals surface area contributed by atoms with E-state index in [9.17, 15) is 9.59 Å². The van der Waals surface area contributed by atoms with Crippen LogP contribution in [0.25, 0.3) is 0 Å². The fourth-order valence-electron chi connectivity index (χ4n) is 4.48. The van der Waals surface area contributed by atoms with Crippen LogP contribution in [0.2, 0.25) is 0 Å². The number of esters is 1. The molecule has 2 aromatic carbocycles. The Morgan fingerprint density at radius 1 is 1.05 bits per heavy atom. The van der Waals surface area contributed by atoms with Crippen LogP contribution in [-0.2, 0) is 17.6 Å². The summed E-state index contributed by atoms with van der Waals surface area (Å²) in [5.74, 6) is -0.139. The number of ether oxygens (including phenoxy) is 1. The number of halogens is 2. The molecule has 8 nitrogen and oxygen atoms in total. The van der Waals surface area contributed by atoms with E-state index in [1.165, 1.54) is 25.1 Å². The van der Waals surface area contributed by atoms with Gasteiger partial charge in [0.2, 0.25) is 0 Å². The number of rotatable bonds is 7. The fourth-order valence-corrected chi connectivity index (χ4v) is 4.74. The lowest BCUT2D eigenvalue weighted by Crippen LogP contribution is -2.19. The quantitative estimate of drug-likeness (QED) is 0.160. The molecule has 3 heterocycles. The van der Waals surface area contributed by atoms with Crippen LogP contribution in [0.4, 0.5) is 11.6 Å². The first-order chi connectivity index (χ1) is 19.4. The number of nitrogen functional groups attached to an aromatic ring is 1. The van der Waals surface area contributed by atoms with E-state index in [4.69, 9.17) is 22.4 Å². The first-order valence-corrected chi connectivity index (χ1v) is 13.3. The van der Waals surface area contributed by atoms with Crippen molar-refractivity contribution in [1.82, 2.24) is 9.97 Å². The fraction of sp³-hybridized carbons (Fsp3) is 0.226. The molecule has 214 valence electrons. The maximum Gasteiger partial charge on any atom is 0.339 e. The van der Waals surface area contributed by atoms with Gasteiger partial charge in [0.1, 0.15) is 11.6 Å². The summed E-state index contributed by atoms with van der Waals surface area (Å²) >= 11 is 6.39.